The Kier molecular flexibility index (Phi) is 3.54. The van der Waals surface area contributed by atoms with Crippen molar-refractivity contribution in [2.24, 2.45) is 5.92 Å². The Morgan fingerprint density at radius 1 is 1.23 bits per heavy atom. The van der Waals surface area contributed by atoms with Crippen molar-refractivity contribution in [2.45, 2.75) is 32.4 Å². The minimum Gasteiger partial charge on any atom is -0.336 e. The van der Waals surface area contributed by atoms with Crippen molar-refractivity contribution in [1.82, 2.24) is 24.2 Å². The number of likely N-dealkylation sites (tertiary alicyclic amines) is 1. The van der Waals surface area contributed by atoms with Gasteiger partial charge in [-0.3, -0.25) is 4.79 Å². The Morgan fingerprint density at radius 2 is 2.14 bits per heavy atom. The molecular weight excluding hydrogens is 278 g/mol. The first-order valence-electron chi connectivity index (χ1n) is 8.06. The van der Waals surface area contributed by atoms with E-state index < -0.39 is 0 Å². The van der Waals surface area contributed by atoms with Gasteiger partial charge in [-0.05, 0) is 24.8 Å². The maximum absolute atomic E-state index is 12.1. The summed E-state index contributed by atoms with van der Waals surface area (Å²) in [4.78, 5) is 18.6. The maximum atomic E-state index is 12.1. The van der Waals surface area contributed by atoms with E-state index in [-0.39, 0.29) is 5.56 Å². The predicted octanol–water partition coefficient (Wildman–Crippen LogP) is 0.560. The van der Waals surface area contributed by atoms with Crippen molar-refractivity contribution in [3.8, 4) is 0 Å². The molecule has 0 unspecified atom stereocenters. The minimum absolute atomic E-state index is 0.0671. The van der Waals surface area contributed by atoms with Crippen LogP contribution in [0.15, 0.2) is 29.6 Å². The Labute approximate surface area is 129 Å². The summed E-state index contributed by atoms with van der Waals surface area (Å²) in [7, 11) is 0. The molecule has 22 heavy (non-hydrogen) atoms. The van der Waals surface area contributed by atoms with E-state index in [1.165, 1.54) is 0 Å². The molecule has 6 heteroatoms. The Hall–Kier alpha value is -1.95. The molecule has 4 rings (SSSR count). The van der Waals surface area contributed by atoms with Gasteiger partial charge in [0.15, 0.2) is 0 Å². The highest BCUT2D eigenvalue weighted by molar-refractivity contribution is 5.22. The van der Waals surface area contributed by atoms with Crippen molar-refractivity contribution >= 4 is 0 Å². The average molecular weight is 299 g/mol. The smallest absolute Gasteiger partial charge is 0.267 e. The predicted molar refractivity (Wildman–Crippen MR) is 82.7 cm³/mol. The second-order valence-electron chi connectivity index (χ2n) is 6.42. The van der Waals surface area contributed by atoms with Crippen LogP contribution in [-0.4, -0.2) is 43.9 Å². The van der Waals surface area contributed by atoms with E-state index in [0.717, 1.165) is 63.2 Å². The fraction of sp³-hybridized carbons (Fsp3) is 0.562. The van der Waals surface area contributed by atoms with Gasteiger partial charge in [0.25, 0.3) is 5.56 Å². The van der Waals surface area contributed by atoms with Crippen molar-refractivity contribution in [3.05, 3.63) is 46.4 Å². The molecule has 2 aromatic heterocycles. The van der Waals surface area contributed by atoms with Crippen LogP contribution < -0.4 is 5.56 Å². The SMILES string of the molecule is O=c1cc2c(nn1CC1CN(CCn3ccnc3)C1)CCC2. The molecular formula is C16H21N5O. The van der Waals surface area contributed by atoms with Gasteiger partial charge in [0.05, 0.1) is 18.6 Å². The van der Waals surface area contributed by atoms with Gasteiger partial charge in [-0.2, -0.15) is 5.10 Å². The molecule has 1 aliphatic carbocycles. The largest absolute Gasteiger partial charge is 0.336 e. The molecule has 1 fully saturated rings. The number of rotatable bonds is 5. The Balaban J connectivity index is 1.30. The lowest BCUT2D eigenvalue weighted by atomic mass is 10.0. The summed E-state index contributed by atoms with van der Waals surface area (Å²) in [6.07, 6.45) is 8.83. The van der Waals surface area contributed by atoms with E-state index in [4.69, 9.17) is 0 Å². The number of hydrogen-bond donors (Lipinski definition) is 0. The van der Waals surface area contributed by atoms with Gasteiger partial charge < -0.3 is 9.47 Å². The monoisotopic (exact) mass is 299 g/mol. The molecule has 3 heterocycles. The molecule has 116 valence electrons. The number of aryl methyl sites for hydroxylation is 2. The van der Waals surface area contributed by atoms with Crippen LogP contribution >= 0.6 is 0 Å². The van der Waals surface area contributed by atoms with E-state index in [0.29, 0.717) is 5.92 Å². The van der Waals surface area contributed by atoms with E-state index in [2.05, 4.69) is 19.5 Å². The second-order valence-corrected chi connectivity index (χ2v) is 6.42. The lowest BCUT2D eigenvalue weighted by Crippen LogP contribution is -2.50. The lowest BCUT2D eigenvalue weighted by molar-refractivity contribution is 0.0804. The molecule has 0 N–H and O–H groups in total. The van der Waals surface area contributed by atoms with Gasteiger partial charge in [-0.1, -0.05) is 0 Å². The van der Waals surface area contributed by atoms with Gasteiger partial charge in [-0.25, -0.2) is 9.67 Å². The molecule has 0 spiro atoms. The normalized spacial score (nSPS) is 18.4. The van der Waals surface area contributed by atoms with E-state index in [1.807, 2.05) is 18.7 Å². The average Bonchev–Trinajstić information content (AvgIpc) is 3.11. The molecule has 0 amide bonds. The first-order chi connectivity index (χ1) is 10.8. The number of hydrogen-bond acceptors (Lipinski definition) is 4. The summed E-state index contributed by atoms with van der Waals surface area (Å²) < 4.78 is 3.78. The summed E-state index contributed by atoms with van der Waals surface area (Å²) in [5, 5.41) is 4.56. The van der Waals surface area contributed by atoms with Crippen LogP contribution in [0.25, 0.3) is 0 Å². The molecule has 1 aliphatic heterocycles. The van der Waals surface area contributed by atoms with Crippen LogP contribution in [0.5, 0.6) is 0 Å². The molecule has 2 aromatic rings. The standard InChI is InChI=1S/C16H21N5O/c22-16-8-14-2-1-3-15(14)18-21(16)11-13-9-20(10-13)7-6-19-5-4-17-12-19/h4-5,8,12-13H,1-3,6-7,9-11H2. The van der Waals surface area contributed by atoms with Crippen molar-refractivity contribution < 1.29 is 0 Å². The summed E-state index contributed by atoms with van der Waals surface area (Å²) in [6.45, 7) is 4.89. The van der Waals surface area contributed by atoms with E-state index in [9.17, 15) is 4.79 Å². The first kappa shape index (κ1) is 13.7. The third-order valence-corrected chi connectivity index (χ3v) is 4.72. The van der Waals surface area contributed by atoms with Crippen molar-refractivity contribution in [1.29, 1.82) is 0 Å². The number of imidazole rings is 1. The van der Waals surface area contributed by atoms with Gasteiger partial charge in [0, 0.05) is 50.6 Å². The molecule has 1 saturated heterocycles. The van der Waals surface area contributed by atoms with Gasteiger partial charge in [0.1, 0.15) is 0 Å². The highest BCUT2D eigenvalue weighted by atomic mass is 16.1. The number of aromatic nitrogens is 4. The van der Waals surface area contributed by atoms with Crippen LogP contribution in [0.2, 0.25) is 0 Å². The maximum Gasteiger partial charge on any atom is 0.267 e. The van der Waals surface area contributed by atoms with Gasteiger partial charge >= 0.3 is 0 Å². The van der Waals surface area contributed by atoms with Gasteiger partial charge in [-0.15, -0.1) is 0 Å². The molecule has 6 nitrogen and oxygen atoms in total. The fourth-order valence-corrected chi connectivity index (χ4v) is 3.47. The zero-order chi connectivity index (χ0) is 14.9. The third-order valence-electron chi connectivity index (χ3n) is 4.72. The fourth-order valence-electron chi connectivity index (χ4n) is 3.47. The van der Waals surface area contributed by atoms with E-state index >= 15 is 0 Å². The van der Waals surface area contributed by atoms with Crippen LogP contribution in [0.4, 0.5) is 0 Å². The molecule has 0 aromatic carbocycles. The molecule has 0 atom stereocenters. The summed E-state index contributed by atoms with van der Waals surface area (Å²) >= 11 is 0. The first-order valence-corrected chi connectivity index (χ1v) is 8.06. The highest BCUT2D eigenvalue weighted by Crippen LogP contribution is 2.19. The van der Waals surface area contributed by atoms with Crippen molar-refractivity contribution in [2.75, 3.05) is 19.6 Å². The zero-order valence-corrected chi connectivity index (χ0v) is 12.7. The van der Waals surface area contributed by atoms with Crippen LogP contribution in [0.1, 0.15) is 17.7 Å². The zero-order valence-electron chi connectivity index (χ0n) is 12.7. The molecule has 2 aliphatic rings. The Morgan fingerprint density at radius 3 is 2.95 bits per heavy atom. The van der Waals surface area contributed by atoms with Gasteiger partial charge in [0.2, 0.25) is 0 Å². The topological polar surface area (TPSA) is 56.0 Å². The quantitative estimate of drug-likeness (QED) is 0.809. The van der Waals surface area contributed by atoms with Crippen LogP contribution in [0.3, 0.4) is 0 Å². The molecule has 0 radical (unpaired) electrons. The lowest BCUT2D eigenvalue weighted by Gasteiger charge is -2.39. The number of fused-ring (bicyclic) bond motifs is 1. The second kappa shape index (κ2) is 5.68. The molecule has 0 saturated carbocycles. The Bertz CT molecular complexity index is 700. The minimum atomic E-state index is 0.0671. The summed E-state index contributed by atoms with van der Waals surface area (Å²) in [5.41, 5.74) is 2.37. The third kappa shape index (κ3) is 2.70. The summed E-state index contributed by atoms with van der Waals surface area (Å²) in [6, 6.07) is 1.80. The highest BCUT2D eigenvalue weighted by Gasteiger charge is 2.27. The van der Waals surface area contributed by atoms with Crippen LogP contribution in [0, 0.1) is 5.92 Å². The molecule has 0 bridgehead atoms. The van der Waals surface area contributed by atoms with Crippen molar-refractivity contribution in [3.63, 3.8) is 0 Å². The van der Waals surface area contributed by atoms with Crippen LogP contribution in [-0.2, 0) is 25.9 Å². The number of nitrogens with zero attached hydrogens (tertiary/aromatic N) is 5. The van der Waals surface area contributed by atoms with E-state index in [1.54, 1.807) is 10.7 Å². The summed E-state index contributed by atoms with van der Waals surface area (Å²) in [5.74, 6) is 0.549.